The van der Waals surface area contributed by atoms with Crippen LogP contribution < -0.4 is 11.1 Å². The van der Waals surface area contributed by atoms with Gasteiger partial charge in [0.25, 0.3) is 0 Å². The summed E-state index contributed by atoms with van der Waals surface area (Å²) in [5.41, 5.74) is 5.34. The number of pyridine rings is 1. The summed E-state index contributed by atoms with van der Waals surface area (Å²) in [6, 6.07) is 5.57. The maximum absolute atomic E-state index is 11.0. The number of primary amides is 1. The summed E-state index contributed by atoms with van der Waals surface area (Å²) in [5, 5.41) is 2.47. The normalized spacial score (nSPS) is 10.9. The van der Waals surface area contributed by atoms with Crippen LogP contribution >= 0.6 is 0 Å². The van der Waals surface area contributed by atoms with E-state index in [2.05, 4.69) is 10.3 Å². The topological polar surface area (TPSA) is 85.1 Å². The Bertz CT molecular complexity index is 387. The molecule has 5 heteroatoms. The van der Waals surface area contributed by atoms with Crippen molar-refractivity contribution in [2.24, 2.45) is 5.73 Å². The van der Waals surface area contributed by atoms with Crippen LogP contribution in [-0.4, -0.2) is 23.3 Å². The molecule has 2 amide bonds. The molecule has 0 bridgehead atoms. The highest BCUT2D eigenvalue weighted by Gasteiger charge is 2.23. The van der Waals surface area contributed by atoms with E-state index in [1.54, 1.807) is 6.20 Å². The van der Waals surface area contributed by atoms with E-state index in [4.69, 9.17) is 5.73 Å². The third-order valence-electron chi connectivity index (χ3n) is 2.27. The number of carbonyl (C=O) groups is 2. The van der Waals surface area contributed by atoms with Gasteiger partial charge in [0.15, 0.2) is 0 Å². The van der Waals surface area contributed by atoms with Gasteiger partial charge in [-0.2, -0.15) is 0 Å². The van der Waals surface area contributed by atoms with Crippen LogP contribution in [0.4, 0.5) is 0 Å². The van der Waals surface area contributed by atoms with Crippen LogP contribution in [0.2, 0.25) is 0 Å². The number of rotatable bonds is 3. The summed E-state index contributed by atoms with van der Waals surface area (Å²) in [5.74, 6) is -1.75. The molecule has 1 aromatic rings. The monoisotopic (exact) mass is 221 g/mol. The first kappa shape index (κ1) is 12.2. The molecule has 5 nitrogen and oxygen atoms in total. The highest BCUT2D eigenvalue weighted by molar-refractivity contribution is 6.34. The van der Waals surface area contributed by atoms with Gasteiger partial charge in [0, 0.05) is 23.9 Å². The number of aromatic nitrogens is 1. The average Bonchev–Trinajstić information content (AvgIpc) is 2.27. The van der Waals surface area contributed by atoms with E-state index in [1.165, 1.54) is 0 Å². The van der Waals surface area contributed by atoms with Crippen molar-refractivity contribution in [1.29, 1.82) is 0 Å². The number of nitrogens with two attached hydrogens (primary N) is 1. The lowest BCUT2D eigenvalue weighted by Gasteiger charge is -2.23. The van der Waals surface area contributed by atoms with E-state index in [0.717, 1.165) is 5.69 Å². The lowest BCUT2D eigenvalue weighted by Crippen LogP contribution is -2.42. The number of hydrogen-bond donors (Lipinski definition) is 2. The van der Waals surface area contributed by atoms with Gasteiger partial charge < -0.3 is 11.1 Å². The largest absolute Gasteiger partial charge is 0.361 e. The van der Waals surface area contributed by atoms with Gasteiger partial charge in [-0.25, -0.2) is 0 Å². The molecule has 0 spiro atoms. The molecule has 1 aromatic heterocycles. The minimum Gasteiger partial charge on any atom is -0.361 e. The Morgan fingerprint density at radius 1 is 1.44 bits per heavy atom. The van der Waals surface area contributed by atoms with Crippen molar-refractivity contribution in [3.8, 4) is 0 Å². The smallest absolute Gasteiger partial charge is 0.309 e. The quantitative estimate of drug-likeness (QED) is 0.702. The fourth-order valence-electron chi connectivity index (χ4n) is 1.24. The molecule has 0 saturated carbocycles. The Balaban J connectivity index is 2.66. The van der Waals surface area contributed by atoms with Gasteiger partial charge in [0.2, 0.25) is 0 Å². The first-order chi connectivity index (χ1) is 7.43. The van der Waals surface area contributed by atoms with Crippen LogP contribution in [0.1, 0.15) is 19.5 Å². The molecule has 3 N–H and O–H groups in total. The predicted molar refractivity (Wildman–Crippen MR) is 59.5 cm³/mol. The second-order valence-corrected chi connectivity index (χ2v) is 4.15. The van der Waals surface area contributed by atoms with Crippen LogP contribution in [0.3, 0.4) is 0 Å². The summed E-state index contributed by atoms with van der Waals surface area (Å²) in [4.78, 5) is 25.8. The zero-order valence-corrected chi connectivity index (χ0v) is 9.36. The molecule has 0 radical (unpaired) electrons. The number of amides is 2. The molecule has 0 aliphatic heterocycles. The minimum absolute atomic E-state index is 0.311. The van der Waals surface area contributed by atoms with E-state index in [0.29, 0.717) is 6.54 Å². The van der Waals surface area contributed by atoms with E-state index in [9.17, 15) is 9.59 Å². The summed E-state index contributed by atoms with van der Waals surface area (Å²) in [7, 11) is 0. The fourth-order valence-corrected chi connectivity index (χ4v) is 1.24. The van der Waals surface area contributed by atoms with Gasteiger partial charge in [-0.1, -0.05) is 19.9 Å². The molecule has 0 aromatic carbocycles. The second kappa shape index (κ2) is 4.74. The number of carbonyl (C=O) groups excluding carboxylic acids is 2. The van der Waals surface area contributed by atoms with E-state index >= 15 is 0 Å². The lowest BCUT2D eigenvalue weighted by molar-refractivity contribution is -0.137. The van der Waals surface area contributed by atoms with Gasteiger partial charge in [-0.15, -0.1) is 0 Å². The molecular weight excluding hydrogens is 206 g/mol. The van der Waals surface area contributed by atoms with Crippen LogP contribution in [0.5, 0.6) is 0 Å². The molecule has 0 atom stereocenters. The van der Waals surface area contributed by atoms with Gasteiger partial charge in [-0.3, -0.25) is 14.6 Å². The summed E-state index contributed by atoms with van der Waals surface area (Å²) in [6.45, 7) is 4.17. The fraction of sp³-hybridized carbons (Fsp3) is 0.364. The van der Waals surface area contributed by atoms with Crippen LogP contribution in [-0.2, 0) is 15.0 Å². The zero-order valence-electron chi connectivity index (χ0n) is 9.36. The molecule has 0 unspecified atom stereocenters. The van der Waals surface area contributed by atoms with Gasteiger partial charge in [0.05, 0.1) is 0 Å². The van der Waals surface area contributed by atoms with Crippen LogP contribution in [0, 0.1) is 0 Å². The number of nitrogens with one attached hydrogen (secondary N) is 1. The lowest BCUT2D eigenvalue weighted by atomic mass is 9.88. The summed E-state index contributed by atoms with van der Waals surface area (Å²) in [6.07, 6.45) is 1.69. The average molecular weight is 221 g/mol. The number of hydrogen-bond acceptors (Lipinski definition) is 3. The Morgan fingerprint density at radius 2 is 2.12 bits per heavy atom. The van der Waals surface area contributed by atoms with Crippen molar-refractivity contribution in [2.75, 3.05) is 6.54 Å². The van der Waals surface area contributed by atoms with Crippen molar-refractivity contribution in [3.05, 3.63) is 30.1 Å². The predicted octanol–water partition coefficient (Wildman–Crippen LogP) is -0.0393. The number of nitrogens with zero attached hydrogens (tertiary/aromatic N) is 1. The minimum atomic E-state index is -0.975. The van der Waals surface area contributed by atoms with Gasteiger partial charge >= 0.3 is 11.8 Å². The van der Waals surface area contributed by atoms with E-state index < -0.39 is 11.8 Å². The van der Waals surface area contributed by atoms with Crippen molar-refractivity contribution >= 4 is 11.8 Å². The molecule has 0 saturated heterocycles. The first-order valence-corrected chi connectivity index (χ1v) is 4.92. The van der Waals surface area contributed by atoms with Gasteiger partial charge in [0.1, 0.15) is 0 Å². The third-order valence-corrected chi connectivity index (χ3v) is 2.27. The Morgan fingerprint density at radius 3 is 2.62 bits per heavy atom. The molecule has 16 heavy (non-hydrogen) atoms. The van der Waals surface area contributed by atoms with Crippen LogP contribution in [0.15, 0.2) is 24.4 Å². The maximum Gasteiger partial charge on any atom is 0.309 e. The molecule has 86 valence electrons. The zero-order chi connectivity index (χ0) is 12.2. The molecular formula is C11H15N3O2. The Kier molecular flexibility index (Phi) is 3.60. The Labute approximate surface area is 94.1 Å². The van der Waals surface area contributed by atoms with E-state index in [1.807, 2.05) is 32.0 Å². The third kappa shape index (κ3) is 3.05. The van der Waals surface area contributed by atoms with Gasteiger partial charge in [-0.05, 0) is 12.1 Å². The maximum atomic E-state index is 11.0. The van der Waals surface area contributed by atoms with Crippen molar-refractivity contribution in [1.82, 2.24) is 10.3 Å². The summed E-state index contributed by atoms with van der Waals surface area (Å²) >= 11 is 0. The standard InChI is InChI=1S/C11H15N3O2/c1-11(2,7-14-10(16)9(12)15)8-5-3-4-6-13-8/h3-6H,7H2,1-2H3,(H2,12,15)(H,14,16). The van der Waals surface area contributed by atoms with E-state index in [-0.39, 0.29) is 5.41 Å². The molecule has 1 heterocycles. The molecule has 0 aliphatic rings. The molecule has 1 rings (SSSR count). The van der Waals surface area contributed by atoms with Crippen molar-refractivity contribution in [3.63, 3.8) is 0 Å². The molecule has 0 aliphatic carbocycles. The van der Waals surface area contributed by atoms with Crippen molar-refractivity contribution < 1.29 is 9.59 Å². The molecule has 0 fully saturated rings. The first-order valence-electron chi connectivity index (χ1n) is 4.92. The highest BCUT2D eigenvalue weighted by atomic mass is 16.2. The Hall–Kier alpha value is -1.91. The SMILES string of the molecule is CC(C)(CNC(=O)C(N)=O)c1ccccn1. The highest BCUT2D eigenvalue weighted by Crippen LogP contribution is 2.19. The summed E-state index contributed by atoms with van der Waals surface area (Å²) < 4.78 is 0. The second-order valence-electron chi connectivity index (χ2n) is 4.15. The van der Waals surface area contributed by atoms with Crippen molar-refractivity contribution in [2.45, 2.75) is 19.3 Å². The van der Waals surface area contributed by atoms with Crippen LogP contribution in [0.25, 0.3) is 0 Å².